The van der Waals surface area contributed by atoms with E-state index in [2.05, 4.69) is 20.1 Å². The fraction of sp³-hybridized carbons (Fsp3) is 0.0952. The van der Waals surface area contributed by atoms with Gasteiger partial charge in [0.1, 0.15) is 5.82 Å². The number of carbonyl (C=O) groups is 1. The molecule has 164 valence electrons. The van der Waals surface area contributed by atoms with Crippen molar-refractivity contribution in [2.45, 2.75) is 6.92 Å². The number of anilines is 2. The summed E-state index contributed by atoms with van der Waals surface area (Å²) in [6, 6.07) is 15.8. The molecule has 4 aromatic rings. The second-order valence-electron chi connectivity index (χ2n) is 6.66. The lowest BCUT2D eigenvalue weighted by atomic mass is 10.3. The van der Waals surface area contributed by atoms with Crippen molar-refractivity contribution in [3.05, 3.63) is 77.7 Å². The molecule has 2 heterocycles. The monoisotopic (exact) mass is 471 g/mol. The maximum absolute atomic E-state index is 13.8. The first-order chi connectivity index (χ1) is 15.3. The van der Waals surface area contributed by atoms with Gasteiger partial charge in [-0.25, -0.2) is 22.5 Å². The highest BCUT2D eigenvalue weighted by atomic mass is 32.2. The van der Waals surface area contributed by atoms with Gasteiger partial charge in [0.15, 0.2) is 5.82 Å². The molecule has 1 amide bonds. The minimum absolute atomic E-state index is 0.0439. The van der Waals surface area contributed by atoms with Crippen molar-refractivity contribution in [3.8, 4) is 16.4 Å². The van der Waals surface area contributed by atoms with Crippen LogP contribution >= 0.6 is 11.3 Å². The van der Waals surface area contributed by atoms with Crippen molar-refractivity contribution in [1.29, 1.82) is 0 Å². The predicted octanol–water partition coefficient (Wildman–Crippen LogP) is 4.15. The lowest BCUT2D eigenvalue weighted by molar-refractivity contribution is 0.101. The molecule has 0 bridgehead atoms. The molecule has 0 fully saturated rings. The molecule has 2 aromatic carbocycles. The van der Waals surface area contributed by atoms with Gasteiger partial charge in [0.2, 0.25) is 15.8 Å². The molecule has 0 aliphatic carbocycles. The molecule has 32 heavy (non-hydrogen) atoms. The number of sulfonamides is 1. The average molecular weight is 472 g/mol. The molecule has 0 aliphatic rings. The lowest BCUT2D eigenvalue weighted by Gasteiger charge is -2.07. The fourth-order valence-corrected chi connectivity index (χ4v) is 4.16. The maximum atomic E-state index is 13.8. The van der Waals surface area contributed by atoms with E-state index in [0.29, 0.717) is 22.9 Å². The van der Waals surface area contributed by atoms with Crippen LogP contribution < -0.4 is 10.0 Å². The van der Waals surface area contributed by atoms with Gasteiger partial charge >= 0.3 is 0 Å². The molecule has 4 rings (SSSR count). The molecule has 0 aliphatic heterocycles. The molecule has 2 N–H and O–H groups in total. The van der Waals surface area contributed by atoms with Crippen LogP contribution in [0.5, 0.6) is 0 Å². The van der Waals surface area contributed by atoms with Crippen molar-refractivity contribution in [2.75, 3.05) is 15.8 Å². The van der Waals surface area contributed by atoms with Crippen LogP contribution in [0.3, 0.4) is 0 Å². The number of aromatic nitrogens is 3. The van der Waals surface area contributed by atoms with Crippen LogP contribution in [0, 0.1) is 5.82 Å². The third-order valence-corrected chi connectivity index (χ3v) is 6.57. The quantitative estimate of drug-likeness (QED) is 0.421. The molecule has 0 saturated heterocycles. The number of rotatable bonds is 7. The van der Waals surface area contributed by atoms with Crippen LogP contribution in [0.25, 0.3) is 16.4 Å². The van der Waals surface area contributed by atoms with E-state index in [0.717, 1.165) is 4.88 Å². The van der Waals surface area contributed by atoms with Gasteiger partial charge < -0.3 is 5.32 Å². The van der Waals surface area contributed by atoms with Crippen LogP contribution in [0.4, 0.5) is 15.8 Å². The summed E-state index contributed by atoms with van der Waals surface area (Å²) in [6.07, 6.45) is 0. The first-order valence-electron chi connectivity index (χ1n) is 9.53. The van der Waals surface area contributed by atoms with E-state index in [1.54, 1.807) is 36.4 Å². The molecular weight excluding hydrogens is 453 g/mol. The standard InChI is InChI=1S/C21H18FN5O3S2/c1-2-32(29,30)26-16-10-8-15(9-11-16)23-21(28)19-24-20(18-7-4-12-31-18)27(25-19)17-6-3-5-14(22)13-17/h3-13,26H,2H2,1H3,(H,23,28). The lowest BCUT2D eigenvalue weighted by Crippen LogP contribution is -2.15. The van der Waals surface area contributed by atoms with Gasteiger partial charge in [-0.15, -0.1) is 16.4 Å². The van der Waals surface area contributed by atoms with E-state index >= 15 is 0 Å². The minimum Gasteiger partial charge on any atom is -0.319 e. The molecule has 0 unspecified atom stereocenters. The normalized spacial score (nSPS) is 11.3. The summed E-state index contributed by atoms with van der Waals surface area (Å²) in [7, 11) is -3.39. The molecule has 0 radical (unpaired) electrons. The van der Waals surface area contributed by atoms with Crippen LogP contribution in [-0.4, -0.2) is 34.8 Å². The van der Waals surface area contributed by atoms with Gasteiger partial charge in [0.25, 0.3) is 5.91 Å². The summed E-state index contributed by atoms with van der Waals surface area (Å²) >= 11 is 1.42. The fourth-order valence-electron chi connectivity index (χ4n) is 2.82. The zero-order valence-electron chi connectivity index (χ0n) is 16.8. The van der Waals surface area contributed by atoms with E-state index in [1.165, 1.54) is 35.1 Å². The number of nitrogens with one attached hydrogen (secondary N) is 2. The molecular formula is C21H18FN5O3S2. The summed E-state index contributed by atoms with van der Waals surface area (Å²) in [6.45, 7) is 1.54. The van der Waals surface area contributed by atoms with E-state index in [1.807, 2.05) is 17.5 Å². The summed E-state index contributed by atoms with van der Waals surface area (Å²) in [4.78, 5) is 17.9. The van der Waals surface area contributed by atoms with E-state index in [4.69, 9.17) is 0 Å². The number of thiophene rings is 1. The van der Waals surface area contributed by atoms with Crippen molar-refractivity contribution in [1.82, 2.24) is 14.8 Å². The Kier molecular flexibility index (Phi) is 6.01. The Morgan fingerprint density at radius 3 is 2.50 bits per heavy atom. The van der Waals surface area contributed by atoms with Gasteiger partial charge in [-0.1, -0.05) is 12.1 Å². The molecule has 11 heteroatoms. The SMILES string of the molecule is CCS(=O)(=O)Nc1ccc(NC(=O)c2nc(-c3cccs3)n(-c3cccc(F)c3)n2)cc1. The number of benzene rings is 2. The zero-order valence-corrected chi connectivity index (χ0v) is 18.5. The number of hydrogen-bond donors (Lipinski definition) is 2. The number of halogens is 1. The summed E-state index contributed by atoms with van der Waals surface area (Å²) in [5.41, 5.74) is 1.26. The van der Waals surface area contributed by atoms with Gasteiger partial charge in [-0.05, 0) is 60.8 Å². The Hall–Kier alpha value is -3.57. The number of hydrogen-bond acceptors (Lipinski definition) is 6. The maximum Gasteiger partial charge on any atom is 0.295 e. The first kappa shape index (κ1) is 21.7. The Bertz CT molecular complexity index is 1350. The Labute approximate surface area is 187 Å². The molecule has 0 atom stereocenters. The molecule has 8 nitrogen and oxygen atoms in total. The van der Waals surface area contributed by atoms with Crippen molar-refractivity contribution >= 4 is 38.6 Å². The second-order valence-corrected chi connectivity index (χ2v) is 9.62. The van der Waals surface area contributed by atoms with E-state index < -0.39 is 21.7 Å². The molecule has 0 spiro atoms. The Morgan fingerprint density at radius 2 is 1.84 bits per heavy atom. The summed E-state index contributed by atoms with van der Waals surface area (Å²) in [5.74, 6) is -0.703. The highest BCUT2D eigenvalue weighted by molar-refractivity contribution is 7.92. The Morgan fingerprint density at radius 1 is 1.09 bits per heavy atom. The topological polar surface area (TPSA) is 106 Å². The van der Waals surface area contributed by atoms with Gasteiger partial charge in [0, 0.05) is 11.4 Å². The number of amides is 1. The highest BCUT2D eigenvalue weighted by Gasteiger charge is 2.20. The molecule has 2 aromatic heterocycles. The average Bonchev–Trinajstić information content (AvgIpc) is 3.45. The smallest absolute Gasteiger partial charge is 0.295 e. The number of carbonyl (C=O) groups excluding carboxylic acids is 1. The zero-order chi connectivity index (χ0) is 22.7. The van der Waals surface area contributed by atoms with Crippen molar-refractivity contribution in [2.24, 2.45) is 0 Å². The number of nitrogens with zero attached hydrogens (tertiary/aromatic N) is 3. The van der Waals surface area contributed by atoms with Crippen molar-refractivity contribution < 1.29 is 17.6 Å². The van der Waals surface area contributed by atoms with E-state index in [-0.39, 0.29) is 11.6 Å². The van der Waals surface area contributed by atoms with Crippen LogP contribution in [0.2, 0.25) is 0 Å². The highest BCUT2D eigenvalue weighted by Crippen LogP contribution is 2.26. The van der Waals surface area contributed by atoms with Gasteiger partial charge in [0.05, 0.1) is 16.3 Å². The third kappa shape index (κ3) is 4.84. The van der Waals surface area contributed by atoms with Crippen LogP contribution in [0.1, 0.15) is 17.5 Å². The van der Waals surface area contributed by atoms with Gasteiger partial charge in [-0.3, -0.25) is 9.52 Å². The summed E-state index contributed by atoms with van der Waals surface area (Å²) in [5, 5.41) is 8.85. The predicted molar refractivity (Wildman–Crippen MR) is 122 cm³/mol. The third-order valence-electron chi connectivity index (χ3n) is 4.40. The summed E-state index contributed by atoms with van der Waals surface area (Å²) < 4.78 is 40.9. The Balaban J connectivity index is 1.60. The minimum atomic E-state index is -3.39. The molecule has 0 saturated carbocycles. The second kappa shape index (κ2) is 8.89. The van der Waals surface area contributed by atoms with E-state index in [9.17, 15) is 17.6 Å². The largest absolute Gasteiger partial charge is 0.319 e. The van der Waals surface area contributed by atoms with Crippen LogP contribution in [0.15, 0.2) is 66.0 Å². The first-order valence-corrected chi connectivity index (χ1v) is 12.1. The van der Waals surface area contributed by atoms with Crippen LogP contribution in [-0.2, 0) is 10.0 Å². The van der Waals surface area contributed by atoms with Crippen molar-refractivity contribution in [3.63, 3.8) is 0 Å². The van der Waals surface area contributed by atoms with Gasteiger partial charge in [-0.2, -0.15) is 0 Å².